The van der Waals surface area contributed by atoms with E-state index in [1.165, 1.54) is 29.1 Å². The van der Waals surface area contributed by atoms with Gasteiger partial charge >= 0.3 is 6.61 Å². The second kappa shape index (κ2) is 9.11. The Kier molecular flexibility index (Phi) is 6.56. The van der Waals surface area contributed by atoms with Crippen LogP contribution in [0.1, 0.15) is 16.1 Å². The lowest BCUT2D eigenvalue weighted by atomic mass is 10.2. The molecule has 0 radical (unpaired) electrons. The van der Waals surface area contributed by atoms with Crippen molar-refractivity contribution in [3.05, 3.63) is 70.0 Å². The van der Waals surface area contributed by atoms with Crippen molar-refractivity contribution in [2.24, 2.45) is 0 Å². The minimum absolute atomic E-state index is 0.0163. The van der Waals surface area contributed by atoms with Gasteiger partial charge < -0.3 is 14.8 Å². The van der Waals surface area contributed by atoms with E-state index in [1.807, 2.05) is 0 Å². The number of halogens is 4. The van der Waals surface area contributed by atoms with Crippen LogP contribution < -0.4 is 14.8 Å². The number of hydrogen-bond donors (Lipinski definition) is 1. The molecule has 29 heavy (non-hydrogen) atoms. The summed E-state index contributed by atoms with van der Waals surface area (Å²) in [6.07, 6.45) is 1.53. The van der Waals surface area contributed by atoms with Gasteiger partial charge in [-0.25, -0.2) is 4.68 Å². The number of anilines is 1. The smallest absolute Gasteiger partial charge is 0.387 e. The fraction of sp³-hybridized carbons (Fsp3) is 0.158. The maximum Gasteiger partial charge on any atom is 0.387 e. The monoisotopic (exact) mass is 441 g/mol. The molecule has 152 valence electrons. The van der Waals surface area contributed by atoms with Crippen LogP contribution in [-0.4, -0.2) is 22.3 Å². The molecule has 6 nitrogen and oxygen atoms in total. The van der Waals surface area contributed by atoms with Crippen LogP contribution in [-0.2, 0) is 6.73 Å². The van der Waals surface area contributed by atoms with Gasteiger partial charge in [0.2, 0.25) is 0 Å². The van der Waals surface area contributed by atoms with E-state index in [0.717, 1.165) is 0 Å². The summed E-state index contributed by atoms with van der Waals surface area (Å²) in [5.74, 6) is -0.353. The first-order valence-electron chi connectivity index (χ1n) is 8.30. The molecule has 0 saturated carbocycles. The quantitative estimate of drug-likeness (QED) is 0.533. The number of nitrogens with one attached hydrogen (secondary N) is 1. The van der Waals surface area contributed by atoms with Gasteiger partial charge in [0.05, 0.1) is 10.7 Å². The molecule has 3 aromatic rings. The molecule has 3 rings (SSSR count). The summed E-state index contributed by atoms with van der Waals surface area (Å²) in [7, 11) is 0. The molecule has 2 aromatic carbocycles. The summed E-state index contributed by atoms with van der Waals surface area (Å²) in [6, 6.07) is 11.0. The van der Waals surface area contributed by atoms with Crippen LogP contribution in [0.5, 0.6) is 11.5 Å². The van der Waals surface area contributed by atoms with Gasteiger partial charge in [-0.05, 0) is 42.8 Å². The van der Waals surface area contributed by atoms with Crippen molar-refractivity contribution in [3.8, 4) is 11.5 Å². The number of alkyl halides is 2. The normalized spacial score (nSPS) is 10.8. The molecule has 0 spiro atoms. The highest BCUT2D eigenvalue weighted by Crippen LogP contribution is 2.31. The molecule has 0 unspecified atom stereocenters. The molecule has 0 saturated heterocycles. The molecule has 0 aliphatic heterocycles. The third-order valence-electron chi connectivity index (χ3n) is 3.74. The van der Waals surface area contributed by atoms with Crippen LogP contribution in [0.4, 0.5) is 14.5 Å². The zero-order chi connectivity index (χ0) is 21.0. The molecule has 0 atom stereocenters. The molecule has 10 heteroatoms. The molecule has 0 aliphatic carbocycles. The highest BCUT2D eigenvalue weighted by Gasteiger charge is 2.15. The second-order valence-electron chi connectivity index (χ2n) is 5.90. The lowest BCUT2D eigenvalue weighted by molar-refractivity contribution is -0.0494. The van der Waals surface area contributed by atoms with E-state index in [1.54, 1.807) is 31.2 Å². The van der Waals surface area contributed by atoms with Gasteiger partial charge in [-0.1, -0.05) is 35.3 Å². The fourth-order valence-electron chi connectivity index (χ4n) is 2.40. The molecule has 1 amide bonds. The van der Waals surface area contributed by atoms with Crippen molar-refractivity contribution in [1.82, 2.24) is 9.78 Å². The van der Waals surface area contributed by atoms with Gasteiger partial charge in [0.15, 0.2) is 12.4 Å². The van der Waals surface area contributed by atoms with Crippen molar-refractivity contribution in [2.75, 3.05) is 5.32 Å². The zero-order valence-electron chi connectivity index (χ0n) is 15.0. The zero-order valence-corrected chi connectivity index (χ0v) is 16.5. The maximum absolute atomic E-state index is 12.6. The number of carbonyl (C=O) groups excluding carboxylic acids is 1. The van der Waals surface area contributed by atoms with Crippen molar-refractivity contribution in [3.63, 3.8) is 0 Å². The maximum atomic E-state index is 12.6. The number of benzene rings is 2. The van der Waals surface area contributed by atoms with Crippen LogP contribution in [0.25, 0.3) is 0 Å². The van der Waals surface area contributed by atoms with Gasteiger partial charge in [0.25, 0.3) is 5.91 Å². The summed E-state index contributed by atoms with van der Waals surface area (Å²) in [4.78, 5) is 12.4. The van der Waals surface area contributed by atoms with Crippen LogP contribution in [0, 0.1) is 6.92 Å². The third-order valence-corrected chi connectivity index (χ3v) is 4.54. The Labute approximate surface area is 174 Å². The van der Waals surface area contributed by atoms with Gasteiger partial charge in [-0.15, -0.1) is 0 Å². The molecule has 1 aromatic heterocycles. The van der Waals surface area contributed by atoms with Crippen molar-refractivity contribution < 1.29 is 23.0 Å². The van der Waals surface area contributed by atoms with Gasteiger partial charge in [0.1, 0.15) is 16.5 Å². The number of ether oxygens (including phenoxy) is 2. The minimum Gasteiger partial charge on any atom is -0.470 e. The van der Waals surface area contributed by atoms with Crippen molar-refractivity contribution >= 4 is 34.8 Å². The van der Waals surface area contributed by atoms with E-state index < -0.39 is 12.5 Å². The molecule has 0 bridgehead atoms. The summed E-state index contributed by atoms with van der Waals surface area (Å²) in [5.41, 5.74) is 0.881. The third kappa shape index (κ3) is 5.36. The van der Waals surface area contributed by atoms with E-state index in [2.05, 4.69) is 15.2 Å². The standard InChI is InChI=1S/C19H15Cl2F2N3O3/c1-11-5-6-13(16(9-11)29-19(22)23)24-18(27)14-7-8-26(25-14)10-28-15-4-2-3-12(20)17(15)21/h2-9,19H,10H2,1H3,(H,24,27). The Hall–Kier alpha value is -2.84. The van der Waals surface area contributed by atoms with E-state index in [9.17, 15) is 13.6 Å². The summed E-state index contributed by atoms with van der Waals surface area (Å²) in [6.45, 7) is -1.31. The van der Waals surface area contributed by atoms with Crippen LogP contribution >= 0.6 is 23.2 Å². The highest BCUT2D eigenvalue weighted by molar-refractivity contribution is 6.42. The van der Waals surface area contributed by atoms with Crippen LogP contribution in [0.2, 0.25) is 10.0 Å². The number of rotatable bonds is 7. The summed E-state index contributed by atoms with van der Waals surface area (Å²) < 4.78 is 36.6. The van der Waals surface area contributed by atoms with Gasteiger partial charge in [0, 0.05) is 6.20 Å². The summed E-state index contributed by atoms with van der Waals surface area (Å²) in [5, 5.41) is 7.23. The van der Waals surface area contributed by atoms with Crippen LogP contribution in [0.3, 0.4) is 0 Å². The number of hydrogen-bond acceptors (Lipinski definition) is 4. The number of amides is 1. The Balaban J connectivity index is 1.67. The van der Waals surface area contributed by atoms with Gasteiger partial charge in [-0.2, -0.15) is 13.9 Å². The van der Waals surface area contributed by atoms with E-state index >= 15 is 0 Å². The first kappa shape index (κ1) is 20.9. The highest BCUT2D eigenvalue weighted by atomic mass is 35.5. The molecule has 0 fully saturated rings. The largest absolute Gasteiger partial charge is 0.470 e. The van der Waals surface area contributed by atoms with Crippen molar-refractivity contribution in [1.29, 1.82) is 0 Å². The topological polar surface area (TPSA) is 65.4 Å². The Morgan fingerprint density at radius 2 is 2.00 bits per heavy atom. The number of aryl methyl sites for hydroxylation is 1. The SMILES string of the molecule is Cc1ccc(NC(=O)c2ccn(COc3cccc(Cl)c3Cl)n2)c(OC(F)F)c1. The van der Waals surface area contributed by atoms with Crippen LogP contribution in [0.15, 0.2) is 48.7 Å². The Morgan fingerprint density at radius 3 is 2.76 bits per heavy atom. The number of carbonyl (C=O) groups is 1. The average Bonchev–Trinajstić information content (AvgIpc) is 3.14. The molecule has 1 N–H and O–H groups in total. The predicted molar refractivity (Wildman–Crippen MR) is 105 cm³/mol. The Morgan fingerprint density at radius 1 is 1.21 bits per heavy atom. The lowest BCUT2D eigenvalue weighted by Gasteiger charge is -2.12. The van der Waals surface area contributed by atoms with E-state index in [4.69, 9.17) is 27.9 Å². The van der Waals surface area contributed by atoms with Crippen molar-refractivity contribution in [2.45, 2.75) is 20.3 Å². The fourth-order valence-corrected chi connectivity index (χ4v) is 2.74. The molecule has 0 aliphatic rings. The number of aromatic nitrogens is 2. The predicted octanol–water partition coefficient (Wildman–Crippen LogP) is 5.39. The molecular weight excluding hydrogens is 427 g/mol. The van der Waals surface area contributed by atoms with E-state index in [0.29, 0.717) is 16.3 Å². The molecular formula is C19H15Cl2F2N3O3. The van der Waals surface area contributed by atoms with Gasteiger partial charge in [-0.3, -0.25) is 4.79 Å². The lowest BCUT2D eigenvalue weighted by Crippen LogP contribution is -2.15. The van der Waals surface area contributed by atoms with E-state index in [-0.39, 0.29) is 28.9 Å². The average molecular weight is 442 g/mol. The molecule has 1 heterocycles. The minimum atomic E-state index is -3.01. The second-order valence-corrected chi connectivity index (χ2v) is 6.68. The number of nitrogens with zero attached hydrogens (tertiary/aromatic N) is 2. The Bertz CT molecular complexity index is 1030. The first-order valence-corrected chi connectivity index (χ1v) is 9.06. The summed E-state index contributed by atoms with van der Waals surface area (Å²) >= 11 is 12.0. The first-order chi connectivity index (χ1) is 13.8.